The van der Waals surface area contributed by atoms with E-state index in [-0.39, 0.29) is 29.3 Å². The van der Waals surface area contributed by atoms with Gasteiger partial charge in [-0.25, -0.2) is 9.97 Å². The molecule has 2 fully saturated rings. The van der Waals surface area contributed by atoms with Crippen LogP contribution in [-0.4, -0.2) is 92.1 Å². The van der Waals surface area contributed by atoms with Crippen molar-refractivity contribution in [2.45, 2.75) is 43.5 Å². The molecular weight excluding hydrogens is 601 g/mol. The van der Waals surface area contributed by atoms with Gasteiger partial charge >= 0.3 is 11.9 Å². The highest BCUT2D eigenvalue weighted by Gasteiger charge is 2.58. The number of carbonyl (C=O) groups excluding carboxylic acids is 4. The Balaban J connectivity index is 1.44. The molecule has 17 heteroatoms. The fourth-order valence-electron chi connectivity index (χ4n) is 3.77. The highest BCUT2D eigenvalue weighted by Crippen LogP contribution is 2.45. The van der Waals surface area contributed by atoms with Crippen LogP contribution >= 0.6 is 46.4 Å². The molecule has 2 amide bonds. The smallest absolute Gasteiger partial charge is 0.318 e. The number of carbonyl (C=O) groups is 4. The Morgan fingerprint density at radius 1 is 1.30 bits per heavy atom. The number of esters is 2. The molecule has 0 spiro atoms. The van der Waals surface area contributed by atoms with E-state index < -0.39 is 41.5 Å². The third kappa shape index (κ3) is 6.58. The number of rotatable bonds is 10. The number of aromatic nitrogens is 3. The molecule has 0 aliphatic carbocycles. The van der Waals surface area contributed by atoms with Gasteiger partial charge < -0.3 is 24.5 Å². The van der Waals surface area contributed by atoms with Gasteiger partial charge in [0.1, 0.15) is 35.5 Å². The van der Waals surface area contributed by atoms with Gasteiger partial charge in [-0.3, -0.25) is 19.2 Å². The Hall–Kier alpha value is -2.76. The van der Waals surface area contributed by atoms with E-state index in [1.54, 1.807) is 43.5 Å². The monoisotopic (exact) mass is 628 g/mol. The number of nitrogens with zero attached hydrogens (tertiary/aromatic N) is 5. The molecule has 13 nitrogen and oxygen atoms in total. The third-order valence-corrected chi connectivity index (χ3v) is 10.3. The second kappa shape index (κ2) is 12.4. The lowest BCUT2D eigenvalue weighted by Gasteiger charge is -2.54. The molecule has 2 aliphatic heterocycles. The summed E-state index contributed by atoms with van der Waals surface area (Å²) in [6.45, 7) is 6.41. The van der Waals surface area contributed by atoms with Crippen LogP contribution in [0.3, 0.4) is 0 Å². The molecule has 2 aromatic heterocycles. The maximum absolute atomic E-state index is 13.4. The largest absolute Gasteiger partial charge is 0.427 e. The predicted octanol–water partition coefficient (Wildman–Crippen LogP) is 1.92. The van der Waals surface area contributed by atoms with Gasteiger partial charge in [0.2, 0.25) is 12.7 Å². The number of oxime groups is 1. The molecule has 1 N–H and O–H groups in total. The first kappa shape index (κ1) is 30.2. The summed E-state index contributed by atoms with van der Waals surface area (Å²) in [5, 5.41) is 7.76. The van der Waals surface area contributed by atoms with Gasteiger partial charge in [0, 0.05) is 23.4 Å². The first-order chi connectivity index (χ1) is 18.9. The zero-order valence-corrected chi connectivity index (χ0v) is 25.6. The zero-order valence-electron chi connectivity index (χ0n) is 22.4. The van der Waals surface area contributed by atoms with Gasteiger partial charge in [-0.05, 0) is 39.2 Å². The number of ether oxygens (including phenoxy) is 2. The van der Waals surface area contributed by atoms with Gasteiger partial charge in [-0.15, -0.1) is 23.1 Å². The first-order valence-electron chi connectivity index (χ1n) is 12.0. The standard InChI is InChI=1S/C23H28N6O7S4/c1-12-25-21(40-28-12)39-9-23(20(33)36-11-35-19(32)22(2,3)4)7-29-17(31)15(18(29)38-8-23)26-16(30)14(27-34-5)13-6-37-10-24-13/h6,10,15,18H,7-9,11H2,1-5H3,(H,26,30)/t15?,18-,23?/m1/s1. The minimum Gasteiger partial charge on any atom is -0.427 e. The van der Waals surface area contributed by atoms with E-state index in [0.717, 1.165) is 0 Å². The van der Waals surface area contributed by atoms with Crippen LogP contribution in [0.1, 0.15) is 32.3 Å². The summed E-state index contributed by atoms with van der Waals surface area (Å²) in [6.07, 6.45) is 0. The fraction of sp³-hybridized carbons (Fsp3) is 0.565. The summed E-state index contributed by atoms with van der Waals surface area (Å²) in [5.74, 6) is -0.830. The molecule has 2 unspecified atom stereocenters. The molecular formula is C23H28N6O7S4. The Morgan fingerprint density at radius 2 is 2.08 bits per heavy atom. The lowest BCUT2D eigenvalue weighted by atomic mass is 9.89. The number of aryl methyl sites for hydroxylation is 1. The van der Waals surface area contributed by atoms with Gasteiger partial charge in [-0.1, -0.05) is 16.9 Å². The molecule has 40 heavy (non-hydrogen) atoms. The van der Waals surface area contributed by atoms with Crippen LogP contribution in [0.4, 0.5) is 0 Å². The number of amides is 2. The Kier molecular flexibility index (Phi) is 9.36. The van der Waals surface area contributed by atoms with Crippen molar-refractivity contribution in [2.75, 3.05) is 32.0 Å². The molecule has 2 aromatic rings. The van der Waals surface area contributed by atoms with Crippen LogP contribution in [0.15, 0.2) is 20.4 Å². The second-order valence-electron chi connectivity index (χ2n) is 10.0. The van der Waals surface area contributed by atoms with Crippen LogP contribution in [-0.2, 0) is 33.5 Å². The van der Waals surface area contributed by atoms with E-state index in [1.165, 1.54) is 53.5 Å². The summed E-state index contributed by atoms with van der Waals surface area (Å²) < 4.78 is 15.4. The maximum atomic E-state index is 13.4. The van der Waals surface area contributed by atoms with Crippen molar-refractivity contribution in [3.8, 4) is 0 Å². The van der Waals surface area contributed by atoms with E-state index >= 15 is 0 Å². The molecule has 216 valence electrons. The topological polar surface area (TPSA) is 162 Å². The van der Waals surface area contributed by atoms with Gasteiger partial charge in [0.05, 0.1) is 10.9 Å². The Morgan fingerprint density at radius 3 is 2.70 bits per heavy atom. The van der Waals surface area contributed by atoms with Crippen molar-refractivity contribution in [2.24, 2.45) is 16.0 Å². The van der Waals surface area contributed by atoms with Crippen molar-refractivity contribution in [1.29, 1.82) is 0 Å². The molecule has 3 atom stereocenters. The van der Waals surface area contributed by atoms with Crippen molar-refractivity contribution < 1.29 is 33.5 Å². The Bertz CT molecular complexity index is 1290. The third-order valence-electron chi connectivity index (χ3n) is 5.91. The van der Waals surface area contributed by atoms with Gasteiger partial charge in [-0.2, -0.15) is 4.37 Å². The van der Waals surface area contributed by atoms with E-state index in [0.29, 0.717) is 21.6 Å². The summed E-state index contributed by atoms with van der Waals surface area (Å²) in [4.78, 5) is 66.4. The van der Waals surface area contributed by atoms with Crippen LogP contribution in [0.25, 0.3) is 0 Å². The summed E-state index contributed by atoms with van der Waals surface area (Å²) in [6, 6.07) is -0.807. The molecule has 0 saturated carbocycles. The molecule has 2 saturated heterocycles. The Labute approximate surface area is 247 Å². The molecule has 2 aliphatic rings. The summed E-state index contributed by atoms with van der Waals surface area (Å²) in [5.41, 5.74) is 0.00279. The van der Waals surface area contributed by atoms with Crippen molar-refractivity contribution in [1.82, 2.24) is 24.6 Å². The van der Waals surface area contributed by atoms with E-state index in [2.05, 4.69) is 24.8 Å². The van der Waals surface area contributed by atoms with E-state index in [9.17, 15) is 19.2 Å². The normalized spacial score (nSPS) is 22.7. The van der Waals surface area contributed by atoms with Crippen molar-refractivity contribution in [3.05, 3.63) is 22.4 Å². The first-order valence-corrected chi connectivity index (χ1v) is 15.7. The average molecular weight is 629 g/mol. The van der Waals surface area contributed by atoms with Gasteiger partial charge in [0.15, 0.2) is 10.1 Å². The summed E-state index contributed by atoms with van der Waals surface area (Å²) >= 11 is 5.22. The number of thioether (sulfide) groups is 2. The SMILES string of the molecule is CON=C(C(=O)NC1C(=O)N2CC(CSc3nc(C)ns3)(C(=O)OCOC(=O)C(C)(C)C)CS[C@H]12)c1cscn1. The second-order valence-corrected chi connectivity index (χ2v) is 13.8. The molecule has 4 heterocycles. The minimum atomic E-state index is -1.10. The van der Waals surface area contributed by atoms with Crippen molar-refractivity contribution >= 4 is 75.9 Å². The number of hydrogen-bond acceptors (Lipinski definition) is 15. The maximum Gasteiger partial charge on any atom is 0.318 e. The van der Waals surface area contributed by atoms with Gasteiger partial charge in [0.25, 0.3) is 5.91 Å². The number of β-lactam (4-membered cyclic amide) rings is 1. The predicted molar refractivity (Wildman–Crippen MR) is 150 cm³/mol. The summed E-state index contributed by atoms with van der Waals surface area (Å²) in [7, 11) is 1.32. The van der Waals surface area contributed by atoms with Crippen LogP contribution in [0.2, 0.25) is 0 Å². The lowest BCUT2D eigenvalue weighted by molar-refractivity contribution is -0.180. The van der Waals surface area contributed by atoms with Crippen molar-refractivity contribution in [3.63, 3.8) is 0 Å². The minimum absolute atomic E-state index is 0.0395. The quantitative estimate of drug-likeness (QED) is 0.102. The van der Waals surface area contributed by atoms with Crippen LogP contribution in [0, 0.1) is 17.8 Å². The number of hydrogen-bond donors (Lipinski definition) is 1. The lowest BCUT2D eigenvalue weighted by Crippen LogP contribution is -2.74. The molecule has 0 radical (unpaired) electrons. The molecule has 0 aromatic carbocycles. The van der Waals surface area contributed by atoms with Crippen LogP contribution < -0.4 is 5.32 Å². The highest BCUT2D eigenvalue weighted by molar-refractivity contribution is 8.01. The number of fused-ring (bicyclic) bond motifs is 1. The molecule has 4 rings (SSSR count). The number of thiazole rings is 1. The highest BCUT2D eigenvalue weighted by atomic mass is 32.2. The van der Waals surface area contributed by atoms with E-state index in [1.807, 2.05) is 0 Å². The average Bonchev–Trinajstić information content (AvgIpc) is 3.60. The number of nitrogens with one attached hydrogen (secondary N) is 1. The van der Waals surface area contributed by atoms with E-state index in [4.69, 9.17) is 14.3 Å². The fourth-order valence-corrected chi connectivity index (χ4v) is 7.81. The van der Waals surface area contributed by atoms with Crippen LogP contribution in [0.5, 0.6) is 0 Å². The molecule has 0 bridgehead atoms. The zero-order chi connectivity index (χ0) is 29.1.